The highest BCUT2D eigenvalue weighted by Gasteiger charge is 2.19. The standard InChI is InChI=1S/C17H17BrClFN2O/c1-11(22(2)10-12-5-3-4-6-14(12)18)17(23)21-16-8-7-13(20)9-15(16)19/h3-9,11H,10H2,1-2H3,(H,21,23)/t11-/m0/s1. The predicted molar refractivity (Wildman–Crippen MR) is 95.1 cm³/mol. The summed E-state index contributed by atoms with van der Waals surface area (Å²) in [6.45, 7) is 2.43. The zero-order chi connectivity index (χ0) is 17.0. The number of nitrogens with zero attached hydrogens (tertiary/aromatic N) is 1. The van der Waals surface area contributed by atoms with Crippen molar-refractivity contribution in [2.24, 2.45) is 0 Å². The van der Waals surface area contributed by atoms with Crippen LogP contribution in [0, 0.1) is 5.82 Å². The van der Waals surface area contributed by atoms with Gasteiger partial charge in [-0.25, -0.2) is 4.39 Å². The fraction of sp³-hybridized carbons (Fsp3) is 0.235. The molecule has 122 valence electrons. The van der Waals surface area contributed by atoms with E-state index >= 15 is 0 Å². The van der Waals surface area contributed by atoms with Crippen LogP contribution in [0.25, 0.3) is 0 Å². The molecule has 0 heterocycles. The summed E-state index contributed by atoms with van der Waals surface area (Å²) in [5.74, 6) is -0.639. The van der Waals surface area contributed by atoms with Crippen LogP contribution in [0.15, 0.2) is 46.9 Å². The fourth-order valence-corrected chi connectivity index (χ4v) is 2.69. The molecule has 0 fully saturated rings. The minimum atomic E-state index is -0.438. The molecule has 0 spiro atoms. The Kier molecular flexibility index (Phi) is 6.16. The van der Waals surface area contributed by atoms with Crippen LogP contribution in [0.5, 0.6) is 0 Å². The van der Waals surface area contributed by atoms with Crippen molar-refractivity contribution >= 4 is 39.1 Å². The summed E-state index contributed by atoms with van der Waals surface area (Å²) in [5, 5.41) is 2.91. The molecule has 2 aromatic carbocycles. The predicted octanol–water partition coefficient (Wildman–Crippen LogP) is 4.70. The summed E-state index contributed by atoms with van der Waals surface area (Å²) in [6.07, 6.45) is 0. The molecule has 2 rings (SSSR count). The number of amides is 1. The van der Waals surface area contributed by atoms with Gasteiger partial charge in [0.15, 0.2) is 0 Å². The first kappa shape index (κ1) is 17.9. The highest BCUT2D eigenvalue weighted by atomic mass is 79.9. The molecule has 0 unspecified atom stereocenters. The molecular formula is C17H17BrClFN2O. The highest BCUT2D eigenvalue weighted by molar-refractivity contribution is 9.10. The van der Waals surface area contributed by atoms with E-state index in [9.17, 15) is 9.18 Å². The topological polar surface area (TPSA) is 32.3 Å². The van der Waals surface area contributed by atoms with Crippen molar-refractivity contribution in [3.8, 4) is 0 Å². The van der Waals surface area contributed by atoms with Gasteiger partial charge < -0.3 is 5.32 Å². The SMILES string of the molecule is C[C@@H](C(=O)Nc1ccc(F)cc1Cl)N(C)Cc1ccccc1Br. The fourth-order valence-electron chi connectivity index (χ4n) is 2.06. The number of nitrogens with one attached hydrogen (secondary N) is 1. The van der Waals surface area contributed by atoms with Gasteiger partial charge in [-0.15, -0.1) is 0 Å². The van der Waals surface area contributed by atoms with Crippen LogP contribution in [0.4, 0.5) is 10.1 Å². The second-order valence-corrected chi connectivity index (χ2v) is 6.56. The lowest BCUT2D eigenvalue weighted by atomic mass is 10.2. The summed E-state index contributed by atoms with van der Waals surface area (Å²) in [5.41, 5.74) is 1.49. The van der Waals surface area contributed by atoms with E-state index in [2.05, 4.69) is 21.2 Å². The molecule has 0 aliphatic rings. The summed E-state index contributed by atoms with van der Waals surface area (Å²) in [6, 6.07) is 11.4. The van der Waals surface area contributed by atoms with Crippen LogP contribution in [-0.2, 0) is 11.3 Å². The second kappa shape index (κ2) is 7.90. The van der Waals surface area contributed by atoms with Gasteiger partial charge in [-0.05, 0) is 43.8 Å². The average Bonchev–Trinajstić information content (AvgIpc) is 2.51. The maximum atomic E-state index is 13.0. The first-order valence-electron chi connectivity index (χ1n) is 7.08. The Morgan fingerprint density at radius 1 is 1.35 bits per heavy atom. The Morgan fingerprint density at radius 3 is 2.70 bits per heavy atom. The van der Waals surface area contributed by atoms with Crippen molar-refractivity contribution in [3.05, 3.63) is 63.3 Å². The monoisotopic (exact) mass is 398 g/mol. The van der Waals surface area contributed by atoms with E-state index in [4.69, 9.17) is 11.6 Å². The quantitative estimate of drug-likeness (QED) is 0.790. The van der Waals surface area contributed by atoms with Gasteiger partial charge in [0, 0.05) is 11.0 Å². The van der Waals surface area contributed by atoms with Gasteiger partial charge in [0.05, 0.1) is 16.8 Å². The number of hydrogen-bond donors (Lipinski definition) is 1. The molecule has 0 radical (unpaired) electrons. The molecule has 1 amide bonds. The van der Waals surface area contributed by atoms with E-state index in [1.54, 1.807) is 0 Å². The van der Waals surface area contributed by atoms with Crippen LogP contribution in [0.3, 0.4) is 0 Å². The molecule has 1 atom stereocenters. The molecule has 0 bridgehead atoms. The largest absolute Gasteiger partial charge is 0.323 e. The molecule has 0 aliphatic heterocycles. The van der Waals surface area contributed by atoms with Gasteiger partial charge in [-0.3, -0.25) is 9.69 Å². The van der Waals surface area contributed by atoms with Crippen molar-refractivity contribution in [3.63, 3.8) is 0 Å². The number of halogens is 3. The molecule has 0 aliphatic carbocycles. The van der Waals surface area contributed by atoms with Crippen LogP contribution < -0.4 is 5.32 Å². The summed E-state index contributed by atoms with van der Waals surface area (Å²) in [4.78, 5) is 14.3. The zero-order valence-corrected chi connectivity index (χ0v) is 15.2. The van der Waals surface area contributed by atoms with Crippen molar-refractivity contribution in [2.45, 2.75) is 19.5 Å². The van der Waals surface area contributed by atoms with E-state index < -0.39 is 5.82 Å². The smallest absolute Gasteiger partial charge is 0.241 e. The number of rotatable bonds is 5. The van der Waals surface area contributed by atoms with E-state index in [0.717, 1.165) is 10.0 Å². The molecule has 0 saturated carbocycles. The Balaban J connectivity index is 2.02. The lowest BCUT2D eigenvalue weighted by Gasteiger charge is -2.24. The molecule has 6 heteroatoms. The molecular weight excluding hydrogens is 383 g/mol. The molecule has 23 heavy (non-hydrogen) atoms. The van der Waals surface area contributed by atoms with Crippen molar-refractivity contribution in [2.75, 3.05) is 12.4 Å². The summed E-state index contributed by atoms with van der Waals surface area (Å²) < 4.78 is 14.0. The molecule has 0 saturated heterocycles. The number of anilines is 1. The van der Waals surface area contributed by atoms with Crippen molar-refractivity contribution < 1.29 is 9.18 Å². The van der Waals surface area contributed by atoms with Crippen LogP contribution >= 0.6 is 27.5 Å². The Hall–Kier alpha value is -1.43. The van der Waals surface area contributed by atoms with Gasteiger partial charge in [0.25, 0.3) is 0 Å². The average molecular weight is 400 g/mol. The van der Waals surface area contributed by atoms with Gasteiger partial charge in [-0.1, -0.05) is 45.7 Å². The Morgan fingerprint density at radius 2 is 2.04 bits per heavy atom. The first-order chi connectivity index (χ1) is 10.9. The lowest BCUT2D eigenvalue weighted by Crippen LogP contribution is -2.39. The maximum absolute atomic E-state index is 13.0. The number of carbonyl (C=O) groups excluding carboxylic acids is 1. The molecule has 2 aromatic rings. The van der Waals surface area contributed by atoms with Crippen molar-refractivity contribution in [1.29, 1.82) is 0 Å². The second-order valence-electron chi connectivity index (χ2n) is 5.30. The van der Waals surface area contributed by atoms with Gasteiger partial charge in [0.1, 0.15) is 5.82 Å². The third-order valence-corrected chi connectivity index (χ3v) is 4.69. The molecule has 0 aromatic heterocycles. The number of hydrogen-bond acceptors (Lipinski definition) is 2. The summed E-state index contributed by atoms with van der Waals surface area (Å²) in [7, 11) is 1.87. The van der Waals surface area contributed by atoms with Gasteiger partial charge in [-0.2, -0.15) is 0 Å². The highest BCUT2D eigenvalue weighted by Crippen LogP contribution is 2.23. The molecule has 3 nitrogen and oxygen atoms in total. The lowest BCUT2D eigenvalue weighted by molar-refractivity contribution is -0.120. The van der Waals surface area contributed by atoms with Crippen LogP contribution in [0.1, 0.15) is 12.5 Å². The van der Waals surface area contributed by atoms with E-state index in [1.807, 2.05) is 43.1 Å². The van der Waals surface area contributed by atoms with Gasteiger partial charge >= 0.3 is 0 Å². The van der Waals surface area contributed by atoms with E-state index in [1.165, 1.54) is 18.2 Å². The minimum Gasteiger partial charge on any atom is -0.323 e. The number of carbonyl (C=O) groups is 1. The van der Waals surface area contributed by atoms with E-state index in [0.29, 0.717) is 12.2 Å². The maximum Gasteiger partial charge on any atom is 0.241 e. The Bertz CT molecular complexity index is 711. The minimum absolute atomic E-state index is 0.180. The number of likely N-dealkylation sites (N-methyl/N-ethyl adjacent to an activating group) is 1. The number of benzene rings is 2. The zero-order valence-electron chi connectivity index (χ0n) is 12.8. The third kappa shape index (κ3) is 4.77. The Labute approximate surface area is 148 Å². The van der Waals surface area contributed by atoms with Crippen LogP contribution in [0.2, 0.25) is 5.02 Å². The third-order valence-electron chi connectivity index (χ3n) is 3.61. The van der Waals surface area contributed by atoms with Gasteiger partial charge in [0.2, 0.25) is 5.91 Å². The first-order valence-corrected chi connectivity index (χ1v) is 8.25. The van der Waals surface area contributed by atoms with E-state index in [-0.39, 0.29) is 17.0 Å². The van der Waals surface area contributed by atoms with Crippen LogP contribution in [-0.4, -0.2) is 23.9 Å². The normalized spacial score (nSPS) is 12.3. The summed E-state index contributed by atoms with van der Waals surface area (Å²) >= 11 is 9.43. The molecule has 1 N–H and O–H groups in total. The van der Waals surface area contributed by atoms with Crippen molar-refractivity contribution in [1.82, 2.24) is 4.90 Å².